The van der Waals surface area contributed by atoms with Crippen LogP contribution in [0.2, 0.25) is 0 Å². The van der Waals surface area contributed by atoms with Gasteiger partial charge in [0, 0.05) is 12.7 Å². The molecule has 0 saturated carbocycles. The molecule has 2 heteroatoms. The van der Waals surface area contributed by atoms with Gasteiger partial charge in [0.1, 0.15) is 0 Å². The Bertz CT molecular complexity index is 136. The molecule has 0 aliphatic rings. The van der Waals surface area contributed by atoms with Crippen molar-refractivity contribution in [2.75, 3.05) is 6.54 Å². The van der Waals surface area contributed by atoms with E-state index in [9.17, 15) is 0 Å². The van der Waals surface area contributed by atoms with E-state index in [-0.39, 0.29) is 0 Å². The van der Waals surface area contributed by atoms with Crippen LogP contribution in [0.1, 0.15) is 13.8 Å². The second kappa shape index (κ2) is 6.08. The molecular formula is C8H14N2. The minimum atomic E-state index is 0.782. The fourth-order valence-electron chi connectivity index (χ4n) is 0.575. The van der Waals surface area contributed by atoms with Crippen LogP contribution in [-0.4, -0.2) is 17.8 Å². The molecule has 0 amide bonds. The lowest BCUT2D eigenvalue weighted by atomic mass is 10.5. The number of nitrogens with zero attached hydrogens (tertiary/aromatic N) is 1. The highest BCUT2D eigenvalue weighted by molar-refractivity contribution is 5.52. The van der Waals surface area contributed by atoms with E-state index in [2.05, 4.69) is 0 Å². The molecule has 0 fully saturated rings. The molecule has 0 rings (SSSR count). The van der Waals surface area contributed by atoms with E-state index in [0.717, 1.165) is 6.54 Å². The first-order valence-electron chi connectivity index (χ1n) is 3.35. The molecule has 0 saturated heterocycles. The highest BCUT2D eigenvalue weighted by atomic mass is 15.1. The van der Waals surface area contributed by atoms with Gasteiger partial charge in [-0.2, -0.15) is 0 Å². The van der Waals surface area contributed by atoms with Gasteiger partial charge in [0.25, 0.3) is 0 Å². The summed E-state index contributed by atoms with van der Waals surface area (Å²) in [6.45, 7) is 4.69. The Labute approximate surface area is 62.4 Å². The van der Waals surface area contributed by atoms with Gasteiger partial charge in [0.2, 0.25) is 0 Å². The molecular weight excluding hydrogens is 124 g/mol. The summed E-state index contributed by atoms with van der Waals surface area (Å²) in [6.07, 6.45) is 9.06. The van der Waals surface area contributed by atoms with Crippen molar-refractivity contribution in [3.05, 3.63) is 24.4 Å². The van der Waals surface area contributed by atoms with Crippen LogP contribution in [0.4, 0.5) is 0 Å². The molecule has 0 atom stereocenters. The number of rotatable bonds is 4. The van der Waals surface area contributed by atoms with Crippen molar-refractivity contribution < 1.29 is 0 Å². The van der Waals surface area contributed by atoms with Crippen molar-refractivity contribution in [3.63, 3.8) is 0 Å². The van der Waals surface area contributed by atoms with Gasteiger partial charge in [0.05, 0.1) is 6.34 Å². The molecule has 0 bridgehead atoms. The molecule has 0 aliphatic heterocycles. The summed E-state index contributed by atoms with van der Waals surface area (Å²) in [5.41, 5.74) is 0. The average molecular weight is 138 g/mol. The van der Waals surface area contributed by atoms with Gasteiger partial charge in [0.15, 0.2) is 0 Å². The number of nitrogens with one attached hydrogen (secondary N) is 1. The Kier molecular flexibility index (Phi) is 5.44. The monoisotopic (exact) mass is 138 g/mol. The minimum Gasteiger partial charge on any atom is -0.336 e. The van der Waals surface area contributed by atoms with Crippen molar-refractivity contribution in [3.8, 4) is 0 Å². The summed E-state index contributed by atoms with van der Waals surface area (Å²) in [5.74, 6) is 0. The van der Waals surface area contributed by atoms with Gasteiger partial charge < -0.3 is 4.90 Å². The predicted molar refractivity (Wildman–Crippen MR) is 45.1 cm³/mol. The quantitative estimate of drug-likeness (QED) is 0.359. The maximum atomic E-state index is 6.96. The third kappa shape index (κ3) is 3.89. The van der Waals surface area contributed by atoms with E-state index in [1.54, 1.807) is 4.90 Å². The normalized spacial score (nSPS) is 11.0. The number of allylic oxidation sites excluding steroid dienone is 2. The molecule has 0 heterocycles. The summed E-state index contributed by atoms with van der Waals surface area (Å²) in [7, 11) is 0. The fraction of sp³-hybridized carbons (Fsp3) is 0.375. The molecule has 0 spiro atoms. The Morgan fingerprint density at radius 2 is 2.00 bits per heavy atom. The highest BCUT2D eigenvalue weighted by Crippen LogP contribution is 1.85. The molecule has 0 radical (unpaired) electrons. The first-order chi connectivity index (χ1) is 4.85. The molecule has 0 aliphatic carbocycles. The summed E-state index contributed by atoms with van der Waals surface area (Å²) in [4.78, 5) is 1.79. The van der Waals surface area contributed by atoms with Crippen molar-refractivity contribution in [2.24, 2.45) is 0 Å². The average Bonchev–Trinajstić information content (AvgIpc) is 1.98. The second-order valence-corrected chi connectivity index (χ2v) is 1.88. The van der Waals surface area contributed by atoms with Gasteiger partial charge in [-0.15, -0.1) is 0 Å². The zero-order chi connectivity index (χ0) is 7.82. The molecule has 1 N–H and O–H groups in total. The van der Waals surface area contributed by atoms with Gasteiger partial charge in [-0.3, -0.25) is 5.41 Å². The Hall–Kier alpha value is -1.05. The summed E-state index contributed by atoms with van der Waals surface area (Å²) in [5, 5.41) is 6.96. The van der Waals surface area contributed by atoms with E-state index in [0.29, 0.717) is 0 Å². The topological polar surface area (TPSA) is 27.1 Å². The van der Waals surface area contributed by atoms with E-state index in [1.165, 1.54) is 6.34 Å². The fourth-order valence-corrected chi connectivity index (χ4v) is 0.575. The molecule has 0 aromatic rings. The SMILES string of the molecule is C/C=C\CN(C=N)/C=C\C. The smallest absolute Gasteiger partial charge is 0.0859 e. The lowest BCUT2D eigenvalue weighted by Gasteiger charge is -2.08. The predicted octanol–water partition coefficient (Wildman–Crippen LogP) is 2.01. The minimum absolute atomic E-state index is 0.782. The molecule has 0 aromatic heterocycles. The zero-order valence-electron chi connectivity index (χ0n) is 6.54. The van der Waals surface area contributed by atoms with Crippen LogP contribution in [0.25, 0.3) is 0 Å². The van der Waals surface area contributed by atoms with Crippen LogP contribution in [0.15, 0.2) is 24.4 Å². The van der Waals surface area contributed by atoms with Gasteiger partial charge in [-0.1, -0.05) is 18.2 Å². The van der Waals surface area contributed by atoms with Crippen molar-refractivity contribution in [1.82, 2.24) is 4.90 Å². The largest absolute Gasteiger partial charge is 0.336 e. The molecule has 10 heavy (non-hydrogen) atoms. The third-order valence-electron chi connectivity index (χ3n) is 1.06. The summed E-state index contributed by atoms with van der Waals surface area (Å²) in [6, 6.07) is 0. The van der Waals surface area contributed by atoms with Crippen molar-refractivity contribution in [1.29, 1.82) is 5.41 Å². The summed E-state index contributed by atoms with van der Waals surface area (Å²) >= 11 is 0. The maximum Gasteiger partial charge on any atom is 0.0859 e. The summed E-state index contributed by atoms with van der Waals surface area (Å²) < 4.78 is 0. The highest BCUT2D eigenvalue weighted by Gasteiger charge is 1.85. The Balaban J connectivity index is 3.71. The van der Waals surface area contributed by atoms with E-state index in [4.69, 9.17) is 5.41 Å². The van der Waals surface area contributed by atoms with Gasteiger partial charge in [-0.05, 0) is 13.8 Å². The molecule has 2 nitrogen and oxygen atoms in total. The van der Waals surface area contributed by atoms with Crippen LogP contribution in [-0.2, 0) is 0 Å². The van der Waals surface area contributed by atoms with E-state index in [1.807, 2.05) is 38.3 Å². The lowest BCUT2D eigenvalue weighted by molar-refractivity contribution is 0.636. The number of hydrogen-bond donors (Lipinski definition) is 1. The van der Waals surface area contributed by atoms with Crippen LogP contribution in [0.3, 0.4) is 0 Å². The van der Waals surface area contributed by atoms with Crippen LogP contribution in [0, 0.1) is 5.41 Å². The Morgan fingerprint density at radius 1 is 1.30 bits per heavy atom. The maximum absolute atomic E-state index is 6.96. The first-order valence-corrected chi connectivity index (χ1v) is 3.35. The Morgan fingerprint density at radius 3 is 2.40 bits per heavy atom. The van der Waals surface area contributed by atoms with E-state index >= 15 is 0 Å². The van der Waals surface area contributed by atoms with Crippen LogP contribution in [0.5, 0.6) is 0 Å². The molecule has 0 aromatic carbocycles. The first kappa shape index (κ1) is 8.95. The van der Waals surface area contributed by atoms with Gasteiger partial charge >= 0.3 is 0 Å². The van der Waals surface area contributed by atoms with Crippen molar-refractivity contribution in [2.45, 2.75) is 13.8 Å². The van der Waals surface area contributed by atoms with E-state index < -0.39 is 0 Å². The second-order valence-electron chi connectivity index (χ2n) is 1.88. The third-order valence-corrected chi connectivity index (χ3v) is 1.06. The lowest BCUT2D eigenvalue weighted by Crippen LogP contribution is -2.13. The standard InChI is InChI=1S/C8H14N2/c1-3-5-7-10(8-9)6-4-2/h3-6,8-9H,7H2,1-2H3/b5-3-,6-4-,9-8?. The zero-order valence-corrected chi connectivity index (χ0v) is 6.54. The van der Waals surface area contributed by atoms with Crippen LogP contribution < -0.4 is 0 Å². The molecule has 0 unspecified atom stereocenters. The van der Waals surface area contributed by atoms with Gasteiger partial charge in [-0.25, -0.2) is 0 Å². The number of hydrogen-bond acceptors (Lipinski definition) is 1. The van der Waals surface area contributed by atoms with Crippen molar-refractivity contribution >= 4 is 6.34 Å². The molecule has 56 valence electrons. The van der Waals surface area contributed by atoms with Crippen LogP contribution >= 0.6 is 0 Å².